The zero-order valence-corrected chi connectivity index (χ0v) is 26.9. The van der Waals surface area contributed by atoms with Gasteiger partial charge in [-0.1, -0.05) is 6.07 Å². The molecule has 2 aromatic carbocycles. The Balaban J connectivity index is 1.36. The number of amides is 1. The van der Waals surface area contributed by atoms with Crippen molar-refractivity contribution in [3.63, 3.8) is 0 Å². The van der Waals surface area contributed by atoms with Gasteiger partial charge in [-0.15, -0.1) is 0 Å². The molecular weight excluding hydrogens is 677 g/mol. The van der Waals surface area contributed by atoms with E-state index in [1.165, 1.54) is 20.2 Å². The summed E-state index contributed by atoms with van der Waals surface area (Å²) in [4.78, 5) is 36.6. The molecule has 16 heteroatoms. The van der Waals surface area contributed by atoms with Crippen molar-refractivity contribution >= 4 is 18.0 Å². The van der Waals surface area contributed by atoms with Gasteiger partial charge in [-0.25, -0.2) is 19.2 Å². The van der Waals surface area contributed by atoms with E-state index in [0.29, 0.717) is 54.7 Å². The van der Waals surface area contributed by atoms with Crippen LogP contribution < -0.4 is 9.64 Å². The van der Waals surface area contributed by atoms with E-state index in [1.54, 1.807) is 11.0 Å². The summed E-state index contributed by atoms with van der Waals surface area (Å²) in [7, 11) is 1.46. The van der Waals surface area contributed by atoms with Gasteiger partial charge in [0.15, 0.2) is 0 Å². The van der Waals surface area contributed by atoms with E-state index in [2.05, 4.69) is 9.97 Å². The minimum atomic E-state index is -5.09. The molecule has 3 aliphatic rings. The van der Waals surface area contributed by atoms with Crippen LogP contribution in [0.3, 0.4) is 0 Å². The Morgan fingerprint density at radius 3 is 2.16 bits per heavy atom. The van der Waals surface area contributed by atoms with E-state index in [1.807, 2.05) is 12.1 Å². The maximum Gasteiger partial charge on any atom is 0.416 e. The lowest BCUT2D eigenvalue weighted by atomic mass is 9.78. The number of ether oxygens (including phenoxy) is 2. The van der Waals surface area contributed by atoms with Crippen LogP contribution in [0, 0.1) is 5.92 Å². The number of alkyl halides is 7. The van der Waals surface area contributed by atoms with E-state index >= 15 is 0 Å². The molecule has 1 N–H and O–H groups in total. The van der Waals surface area contributed by atoms with Crippen molar-refractivity contribution in [1.29, 1.82) is 0 Å². The first-order chi connectivity index (χ1) is 23.5. The highest BCUT2D eigenvalue weighted by Gasteiger charge is 2.44. The molecule has 1 amide bonds. The van der Waals surface area contributed by atoms with Crippen LogP contribution in [0.25, 0.3) is 11.1 Å². The molecule has 6 rings (SSSR count). The number of rotatable bonds is 8. The van der Waals surface area contributed by atoms with Gasteiger partial charge in [-0.3, -0.25) is 9.69 Å². The number of carboxylic acid groups (broad SMARTS) is 1. The Morgan fingerprint density at radius 2 is 1.60 bits per heavy atom. The third-order valence-corrected chi connectivity index (χ3v) is 9.69. The summed E-state index contributed by atoms with van der Waals surface area (Å²) in [5.41, 5.74) is -1.39. The van der Waals surface area contributed by atoms with Gasteiger partial charge in [0.2, 0.25) is 5.95 Å². The van der Waals surface area contributed by atoms with Gasteiger partial charge < -0.3 is 19.5 Å². The van der Waals surface area contributed by atoms with Crippen LogP contribution in [-0.4, -0.2) is 64.4 Å². The predicted molar refractivity (Wildman–Crippen MR) is 164 cm³/mol. The molecule has 9 nitrogen and oxygen atoms in total. The number of halogens is 7. The van der Waals surface area contributed by atoms with E-state index in [0.717, 1.165) is 10.5 Å². The summed E-state index contributed by atoms with van der Waals surface area (Å²) in [6.07, 6.45) is -9.90. The summed E-state index contributed by atoms with van der Waals surface area (Å²) in [5.74, 6) is -0.581. The third-order valence-electron chi connectivity index (χ3n) is 9.69. The molecule has 3 aromatic rings. The maximum atomic E-state index is 13.8. The van der Waals surface area contributed by atoms with Gasteiger partial charge in [0.1, 0.15) is 18.0 Å². The number of methoxy groups -OCH3 is 1. The fourth-order valence-corrected chi connectivity index (χ4v) is 6.82. The minimum Gasteiger partial charge on any atom is -0.496 e. The van der Waals surface area contributed by atoms with Crippen molar-refractivity contribution in [2.24, 2.45) is 5.92 Å². The lowest BCUT2D eigenvalue weighted by molar-refractivity contribution is -0.144. The highest BCUT2D eigenvalue weighted by atomic mass is 19.4. The molecule has 2 saturated heterocycles. The Kier molecular flexibility index (Phi) is 9.33. The number of hydrogen-bond acceptors (Lipinski definition) is 7. The van der Waals surface area contributed by atoms with Crippen molar-refractivity contribution in [3.8, 4) is 16.9 Å². The molecule has 3 fully saturated rings. The van der Waals surface area contributed by atoms with E-state index in [-0.39, 0.29) is 43.3 Å². The molecular formula is C34H33F7N4O5. The van der Waals surface area contributed by atoms with E-state index in [4.69, 9.17) is 9.47 Å². The molecule has 1 aromatic heterocycles. The number of anilines is 1. The van der Waals surface area contributed by atoms with Crippen molar-refractivity contribution in [2.75, 3.05) is 25.1 Å². The standard InChI is InChI=1S/C34H33F7N4O5/c1-17-29(21-9-22(33(36,37)38)12-23(10-21)34(39,40)41)50-32(48)45(17)16-27-26(13-42-31(43-27)44-14-24(35)15-44)25-11-20(7-8-28(25)49-2)18-3-5-19(6-4-18)30(46)47/h7-13,17-19,24,29H,3-6,14-16H2,1-2H3,(H,46,47)/t17-,18-,19-,29-/m0/s1. The summed E-state index contributed by atoms with van der Waals surface area (Å²) in [5, 5.41) is 9.43. The highest BCUT2D eigenvalue weighted by molar-refractivity contribution is 5.75. The number of aliphatic carboxylic acids is 1. The van der Waals surface area contributed by atoms with Crippen molar-refractivity contribution in [1.82, 2.24) is 14.9 Å². The first-order valence-electron chi connectivity index (χ1n) is 16.0. The summed E-state index contributed by atoms with van der Waals surface area (Å²) < 4.78 is 107. The van der Waals surface area contributed by atoms with Crippen LogP contribution in [0.4, 0.5) is 41.5 Å². The number of aromatic nitrogens is 2. The molecule has 50 heavy (non-hydrogen) atoms. The van der Waals surface area contributed by atoms with E-state index in [9.17, 15) is 45.4 Å². The molecule has 0 radical (unpaired) electrons. The van der Waals surface area contributed by atoms with Crippen molar-refractivity contribution in [3.05, 3.63) is 70.5 Å². The van der Waals surface area contributed by atoms with Crippen LogP contribution in [0.5, 0.6) is 5.75 Å². The number of benzene rings is 2. The minimum absolute atomic E-state index is 0.00841. The van der Waals surface area contributed by atoms with Crippen LogP contribution in [0.1, 0.15) is 72.6 Å². The van der Waals surface area contributed by atoms with Gasteiger partial charge in [0, 0.05) is 17.3 Å². The van der Waals surface area contributed by atoms with Crippen molar-refractivity contribution in [2.45, 2.75) is 75.7 Å². The normalized spacial score (nSPS) is 23.1. The molecule has 0 bridgehead atoms. The smallest absolute Gasteiger partial charge is 0.416 e. The average Bonchev–Trinajstić information content (AvgIpc) is 3.34. The molecule has 268 valence electrons. The Hall–Kier alpha value is -4.63. The lowest BCUT2D eigenvalue weighted by Crippen LogP contribution is -2.49. The zero-order chi connectivity index (χ0) is 36.1. The quantitative estimate of drug-likeness (QED) is 0.237. The molecule has 1 saturated carbocycles. The van der Waals surface area contributed by atoms with E-state index < -0.39 is 65.3 Å². The van der Waals surface area contributed by atoms with Crippen LogP contribution in [0.2, 0.25) is 0 Å². The number of carboxylic acids is 1. The zero-order valence-electron chi connectivity index (χ0n) is 26.9. The number of carbonyl (C=O) groups excluding carboxylic acids is 1. The molecule has 0 unspecified atom stereocenters. The second kappa shape index (κ2) is 13.2. The number of hydrogen-bond donors (Lipinski definition) is 1. The van der Waals surface area contributed by atoms with Crippen LogP contribution in [0.15, 0.2) is 42.6 Å². The molecule has 1 aliphatic carbocycles. The largest absolute Gasteiger partial charge is 0.496 e. The topological polar surface area (TPSA) is 105 Å². The Morgan fingerprint density at radius 1 is 0.960 bits per heavy atom. The Bertz CT molecular complexity index is 1740. The Labute approximate surface area is 282 Å². The molecule has 2 atom stereocenters. The highest BCUT2D eigenvalue weighted by Crippen LogP contribution is 2.43. The van der Waals surface area contributed by atoms with Gasteiger partial charge >= 0.3 is 24.4 Å². The SMILES string of the molecule is COc1ccc([C@H]2CC[C@H](C(=O)O)CC2)cc1-c1cnc(N2CC(F)C2)nc1CN1C(=O)O[C@H](c2cc(C(F)(F)F)cc(C(F)(F)F)c2)[C@@H]1C. The lowest BCUT2D eigenvalue weighted by Gasteiger charge is -2.34. The fraction of sp³-hybridized carbons (Fsp3) is 0.471. The second-order valence-corrected chi connectivity index (χ2v) is 12.9. The molecule has 3 heterocycles. The summed E-state index contributed by atoms with van der Waals surface area (Å²) in [6.45, 7) is 1.24. The van der Waals surface area contributed by atoms with Gasteiger partial charge in [-0.2, -0.15) is 26.3 Å². The maximum absolute atomic E-state index is 13.8. The molecule has 2 aliphatic heterocycles. The first kappa shape index (κ1) is 35.2. The van der Waals surface area contributed by atoms with Crippen LogP contribution >= 0.6 is 0 Å². The van der Waals surface area contributed by atoms with Gasteiger partial charge in [-0.05, 0) is 80.0 Å². The number of carbonyl (C=O) groups is 2. The second-order valence-electron chi connectivity index (χ2n) is 12.9. The molecule has 0 spiro atoms. The first-order valence-corrected chi connectivity index (χ1v) is 16.0. The van der Waals surface area contributed by atoms with Gasteiger partial charge in [0.05, 0.1) is 55.5 Å². The third kappa shape index (κ3) is 7.01. The number of cyclic esters (lactones) is 1. The summed E-state index contributed by atoms with van der Waals surface area (Å²) in [6, 6.07) is 5.58. The monoisotopic (exact) mass is 710 g/mol. The fourth-order valence-electron chi connectivity index (χ4n) is 6.82. The predicted octanol–water partition coefficient (Wildman–Crippen LogP) is 7.79. The van der Waals surface area contributed by atoms with Gasteiger partial charge in [0.25, 0.3) is 0 Å². The number of nitrogens with zero attached hydrogens (tertiary/aromatic N) is 4. The van der Waals surface area contributed by atoms with Crippen molar-refractivity contribution < 1.29 is 54.9 Å². The van der Waals surface area contributed by atoms with Crippen LogP contribution in [-0.2, 0) is 28.4 Å². The summed E-state index contributed by atoms with van der Waals surface area (Å²) >= 11 is 0. The average molecular weight is 711 g/mol.